The molecule has 0 radical (unpaired) electrons. The van der Waals surface area contributed by atoms with Crippen LogP contribution in [0.25, 0.3) is 0 Å². The highest BCUT2D eigenvalue weighted by Gasteiger charge is 2.53. The molecule has 3 rings (SSSR count). The molecule has 1 aliphatic heterocycles. The van der Waals surface area contributed by atoms with Crippen LogP contribution in [0.3, 0.4) is 0 Å². The Bertz CT molecular complexity index is 321. The van der Waals surface area contributed by atoms with Gasteiger partial charge in [0.1, 0.15) is 0 Å². The summed E-state index contributed by atoms with van der Waals surface area (Å²) >= 11 is 0. The van der Waals surface area contributed by atoms with Crippen molar-refractivity contribution in [1.82, 2.24) is 0 Å². The zero-order valence-corrected chi connectivity index (χ0v) is 10.7. The molecular weight excluding hydrogens is 216 g/mol. The van der Waals surface area contributed by atoms with Crippen LogP contribution in [-0.2, 0) is 9.47 Å². The number of hydrogen-bond acceptors (Lipinski definition) is 3. The van der Waals surface area contributed by atoms with E-state index in [0.29, 0.717) is 13.2 Å². The van der Waals surface area contributed by atoms with Crippen LogP contribution in [0.1, 0.15) is 39.5 Å². The van der Waals surface area contributed by atoms with Crippen LogP contribution in [0.2, 0.25) is 0 Å². The number of ether oxygens (including phenoxy) is 2. The largest absolute Gasteiger partial charge is 0.385 e. The standard InChI is InChI=1S/C14H22O3/c1-10-7-13(16-5-6-17-13)8-11(2)14(10,15)9-12-3-4-12/h9-11,15H,3-8H2,1-2H3/t10-,11+,14?. The van der Waals surface area contributed by atoms with Gasteiger partial charge in [0.2, 0.25) is 0 Å². The predicted octanol–water partition coefficient (Wildman–Crippen LogP) is 2.25. The summed E-state index contributed by atoms with van der Waals surface area (Å²) < 4.78 is 11.6. The van der Waals surface area contributed by atoms with Gasteiger partial charge in [-0.2, -0.15) is 0 Å². The van der Waals surface area contributed by atoms with Crippen molar-refractivity contribution >= 4 is 0 Å². The lowest BCUT2D eigenvalue weighted by Crippen LogP contribution is -2.53. The van der Waals surface area contributed by atoms with Crippen molar-refractivity contribution in [3.05, 3.63) is 11.6 Å². The molecule has 1 heterocycles. The van der Waals surface area contributed by atoms with Crippen molar-refractivity contribution < 1.29 is 14.6 Å². The molecule has 0 aromatic rings. The zero-order chi connectivity index (χ0) is 12.1. The van der Waals surface area contributed by atoms with Gasteiger partial charge in [-0.05, 0) is 24.7 Å². The first-order chi connectivity index (χ1) is 8.04. The molecule has 0 aromatic carbocycles. The minimum Gasteiger partial charge on any atom is -0.385 e. The summed E-state index contributed by atoms with van der Waals surface area (Å²) in [6, 6.07) is 0. The van der Waals surface area contributed by atoms with Gasteiger partial charge in [-0.15, -0.1) is 0 Å². The average Bonchev–Trinajstić information content (AvgIpc) is 2.96. The molecule has 0 aromatic heterocycles. The SMILES string of the molecule is C[C@@H]1CC2(C[C@H](C)C1(O)C=C1CC1)OCCO2. The zero-order valence-electron chi connectivity index (χ0n) is 10.7. The van der Waals surface area contributed by atoms with E-state index in [-0.39, 0.29) is 11.8 Å². The summed E-state index contributed by atoms with van der Waals surface area (Å²) in [6.45, 7) is 5.61. The Hall–Kier alpha value is -0.380. The Morgan fingerprint density at radius 1 is 1.12 bits per heavy atom. The molecular formula is C14H22O3. The molecule has 1 saturated heterocycles. The van der Waals surface area contributed by atoms with Crippen LogP contribution in [0.15, 0.2) is 11.6 Å². The minimum absolute atomic E-state index is 0.192. The Morgan fingerprint density at radius 2 is 1.65 bits per heavy atom. The normalized spacial score (nSPS) is 44.1. The number of rotatable bonds is 1. The van der Waals surface area contributed by atoms with Gasteiger partial charge >= 0.3 is 0 Å². The van der Waals surface area contributed by atoms with Gasteiger partial charge in [0.15, 0.2) is 5.79 Å². The van der Waals surface area contributed by atoms with Crippen LogP contribution in [0.5, 0.6) is 0 Å². The monoisotopic (exact) mass is 238 g/mol. The molecule has 3 heteroatoms. The van der Waals surface area contributed by atoms with Crippen LogP contribution in [-0.4, -0.2) is 29.7 Å². The quantitative estimate of drug-likeness (QED) is 0.712. The molecule has 1 N–H and O–H groups in total. The molecule has 1 unspecified atom stereocenters. The Kier molecular flexibility index (Phi) is 2.62. The Morgan fingerprint density at radius 3 is 2.12 bits per heavy atom. The summed E-state index contributed by atoms with van der Waals surface area (Å²) in [5.74, 6) is -0.0254. The summed E-state index contributed by atoms with van der Waals surface area (Å²) in [5.41, 5.74) is 0.752. The minimum atomic E-state index is -0.660. The van der Waals surface area contributed by atoms with Crippen LogP contribution < -0.4 is 0 Å². The highest BCUT2D eigenvalue weighted by atomic mass is 16.7. The van der Waals surface area contributed by atoms with E-state index in [2.05, 4.69) is 19.9 Å². The fourth-order valence-electron chi connectivity index (χ4n) is 3.39. The first-order valence-electron chi connectivity index (χ1n) is 6.75. The van der Waals surface area contributed by atoms with Gasteiger partial charge in [0.25, 0.3) is 0 Å². The first kappa shape index (κ1) is 11.7. The topological polar surface area (TPSA) is 38.7 Å². The summed E-state index contributed by atoms with van der Waals surface area (Å²) in [4.78, 5) is 0. The predicted molar refractivity (Wildman–Crippen MR) is 64.5 cm³/mol. The van der Waals surface area contributed by atoms with Gasteiger partial charge in [0, 0.05) is 12.8 Å². The molecule has 3 nitrogen and oxygen atoms in total. The number of hydrogen-bond donors (Lipinski definition) is 1. The molecule has 3 atom stereocenters. The van der Waals surface area contributed by atoms with E-state index in [0.717, 1.165) is 12.8 Å². The van der Waals surface area contributed by atoms with Crippen molar-refractivity contribution in [1.29, 1.82) is 0 Å². The van der Waals surface area contributed by atoms with Gasteiger partial charge < -0.3 is 14.6 Å². The van der Waals surface area contributed by atoms with E-state index >= 15 is 0 Å². The highest BCUT2D eigenvalue weighted by Crippen LogP contribution is 2.49. The van der Waals surface area contributed by atoms with E-state index in [1.807, 2.05) is 0 Å². The summed E-state index contributed by atoms with van der Waals surface area (Å²) in [6.07, 6.45) is 6.05. The van der Waals surface area contributed by atoms with E-state index in [1.165, 1.54) is 18.4 Å². The smallest absolute Gasteiger partial charge is 0.169 e. The molecule has 96 valence electrons. The van der Waals surface area contributed by atoms with E-state index in [4.69, 9.17) is 9.47 Å². The molecule has 17 heavy (non-hydrogen) atoms. The fourth-order valence-corrected chi connectivity index (χ4v) is 3.39. The molecule has 3 fully saturated rings. The van der Waals surface area contributed by atoms with Crippen molar-refractivity contribution in [2.75, 3.05) is 13.2 Å². The average molecular weight is 238 g/mol. The fraction of sp³-hybridized carbons (Fsp3) is 0.857. The van der Waals surface area contributed by atoms with Crippen LogP contribution in [0.4, 0.5) is 0 Å². The second kappa shape index (κ2) is 3.81. The van der Waals surface area contributed by atoms with E-state index < -0.39 is 11.4 Å². The third kappa shape index (κ3) is 1.94. The lowest BCUT2D eigenvalue weighted by Gasteiger charge is -2.48. The van der Waals surface area contributed by atoms with Crippen LogP contribution in [0, 0.1) is 11.8 Å². The first-order valence-corrected chi connectivity index (χ1v) is 6.75. The van der Waals surface area contributed by atoms with Crippen molar-refractivity contribution in [2.45, 2.75) is 50.9 Å². The lowest BCUT2D eigenvalue weighted by atomic mass is 9.67. The van der Waals surface area contributed by atoms with E-state index in [9.17, 15) is 5.11 Å². The Labute approximate surface area is 103 Å². The summed E-state index contributed by atoms with van der Waals surface area (Å²) in [7, 11) is 0. The van der Waals surface area contributed by atoms with Crippen molar-refractivity contribution in [3.63, 3.8) is 0 Å². The summed E-state index contributed by atoms with van der Waals surface area (Å²) in [5, 5.41) is 10.9. The maximum Gasteiger partial charge on any atom is 0.169 e. The molecule has 2 aliphatic carbocycles. The van der Waals surface area contributed by atoms with E-state index in [1.54, 1.807) is 0 Å². The number of aliphatic hydroxyl groups is 1. The maximum absolute atomic E-state index is 10.9. The molecule has 2 saturated carbocycles. The van der Waals surface area contributed by atoms with Gasteiger partial charge in [-0.3, -0.25) is 0 Å². The molecule has 1 spiro atoms. The van der Waals surface area contributed by atoms with Gasteiger partial charge in [-0.25, -0.2) is 0 Å². The highest BCUT2D eigenvalue weighted by molar-refractivity contribution is 5.24. The second-order valence-corrected chi connectivity index (χ2v) is 6.01. The third-order valence-electron chi connectivity index (χ3n) is 4.60. The van der Waals surface area contributed by atoms with Crippen LogP contribution >= 0.6 is 0 Å². The maximum atomic E-state index is 10.9. The molecule has 3 aliphatic rings. The molecule has 0 amide bonds. The Balaban J connectivity index is 1.82. The third-order valence-corrected chi connectivity index (χ3v) is 4.60. The van der Waals surface area contributed by atoms with Crippen molar-refractivity contribution in [2.24, 2.45) is 11.8 Å². The lowest BCUT2D eigenvalue weighted by molar-refractivity contribution is -0.228. The molecule has 0 bridgehead atoms. The van der Waals surface area contributed by atoms with Crippen molar-refractivity contribution in [3.8, 4) is 0 Å². The van der Waals surface area contributed by atoms with Gasteiger partial charge in [-0.1, -0.05) is 25.5 Å². The van der Waals surface area contributed by atoms with Gasteiger partial charge in [0.05, 0.1) is 18.8 Å². The number of allylic oxidation sites excluding steroid dienone is 1. The second-order valence-electron chi connectivity index (χ2n) is 6.01.